The molecule has 3 aromatic rings. The van der Waals surface area contributed by atoms with E-state index in [0.717, 1.165) is 41.4 Å². The van der Waals surface area contributed by atoms with Crippen LogP contribution in [0.2, 0.25) is 0 Å². The predicted molar refractivity (Wildman–Crippen MR) is 131 cm³/mol. The standard InChI is InChI=1S/C30H31NO/c1-21-2-7-25(8-3-21)26-9-4-22(5-10-26)18-24-6-11-27-12-13-30(32)29(28(27)20-24)19-23-14-16-31-17-15-23/h4-6,9-17,20-21,25,29H,2-3,7-8,18-19H2,1H3. The summed E-state index contributed by atoms with van der Waals surface area (Å²) in [5, 5.41) is 0. The average Bonchev–Trinajstić information content (AvgIpc) is 2.83. The van der Waals surface area contributed by atoms with Gasteiger partial charge in [0, 0.05) is 12.4 Å². The molecular formula is C30H31NO. The van der Waals surface area contributed by atoms with Gasteiger partial charge in [-0.15, -0.1) is 0 Å². The Morgan fingerprint density at radius 1 is 0.812 bits per heavy atom. The lowest BCUT2D eigenvalue weighted by Gasteiger charge is -2.26. The normalized spacial score (nSPS) is 22.5. The molecule has 5 rings (SSSR count). The second-order valence-electron chi connectivity index (χ2n) is 9.69. The first-order valence-corrected chi connectivity index (χ1v) is 12.0. The first kappa shape index (κ1) is 20.9. The van der Waals surface area contributed by atoms with Crippen LogP contribution in [0.1, 0.15) is 77.8 Å². The van der Waals surface area contributed by atoms with Crippen molar-refractivity contribution in [1.82, 2.24) is 4.98 Å². The number of allylic oxidation sites excluding steroid dienone is 1. The molecule has 2 aromatic carbocycles. The Morgan fingerprint density at radius 2 is 1.53 bits per heavy atom. The van der Waals surface area contributed by atoms with Gasteiger partial charge in [-0.2, -0.15) is 0 Å². The molecule has 32 heavy (non-hydrogen) atoms. The third-order valence-electron chi connectivity index (χ3n) is 7.36. The molecule has 0 aliphatic heterocycles. The van der Waals surface area contributed by atoms with E-state index in [2.05, 4.69) is 54.4 Å². The molecule has 1 saturated carbocycles. The minimum atomic E-state index is -0.117. The SMILES string of the molecule is CC1CCC(c2ccc(Cc3ccc4c(c3)C(Cc3ccncc3)C(=O)C=C4)cc2)CC1. The lowest BCUT2D eigenvalue weighted by Crippen LogP contribution is -2.17. The van der Waals surface area contributed by atoms with Crippen LogP contribution in [0.15, 0.2) is 73.1 Å². The summed E-state index contributed by atoms with van der Waals surface area (Å²) in [7, 11) is 0. The maximum Gasteiger partial charge on any atom is 0.163 e. The summed E-state index contributed by atoms with van der Waals surface area (Å²) < 4.78 is 0. The van der Waals surface area contributed by atoms with Crippen molar-refractivity contribution in [1.29, 1.82) is 0 Å². The van der Waals surface area contributed by atoms with E-state index in [1.807, 2.05) is 18.2 Å². The number of carbonyl (C=O) groups excluding carboxylic acids is 1. The summed E-state index contributed by atoms with van der Waals surface area (Å²) in [6.07, 6.45) is 14.3. The van der Waals surface area contributed by atoms with Crippen LogP contribution in [0.3, 0.4) is 0 Å². The van der Waals surface area contributed by atoms with Crippen LogP contribution in [0, 0.1) is 5.92 Å². The molecule has 162 valence electrons. The molecule has 0 bridgehead atoms. The van der Waals surface area contributed by atoms with Gasteiger partial charge in [0.15, 0.2) is 5.78 Å². The molecule has 1 heterocycles. The molecule has 2 heteroatoms. The van der Waals surface area contributed by atoms with E-state index in [0.29, 0.717) is 0 Å². The number of aromatic nitrogens is 1. The summed E-state index contributed by atoms with van der Waals surface area (Å²) in [6.45, 7) is 2.38. The van der Waals surface area contributed by atoms with Crippen molar-refractivity contribution in [2.24, 2.45) is 5.92 Å². The van der Waals surface area contributed by atoms with Crippen LogP contribution in [0.25, 0.3) is 6.08 Å². The van der Waals surface area contributed by atoms with Crippen molar-refractivity contribution in [2.45, 2.75) is 57.3 Å². The minimum Gasteiger partial charge on any atom is -0.294 e. The van der Waals surface area contributed by atoms with Crippen LogP contribution in [0.4, 0.5) is 0 Å². The van der Waals surface area contributed by atoms with Crippen molar-refractivity contribution in [3.05, 3.63) is 106 Å². The molecule has 0 spiro atoms. The van der Waals surface area contributed by atoms with E-state index >= 15 is 0 Å². The van der Waals surface area contributed by atoms with Gasteiger partial charge in [0.05, 0.1) is 5.92 Å². The maximum absolute atomic E-state index is 12.7. The highest BCUT2D eigenvalue weighted by molar-refractivity contribution is 6.02. The number of carbonyl (C=O) groups is 1. The lowest BCUT2D eigenvalue weighted by atomic mass is 9.79. The van der Waals surface area contributed by atoms with E-state index < -0.39 is 0 Å². The Kier molecular flexibility index (Phi) is 6.03. The zero-order chi connectivity index (χ0) is 21.9. The molecule has 2 nitrogen and oxygen atoms in total. The number of hydrogen-bond acceptors (Lipinski definition) is 2. The van der Waals surface area contributed by atoms with Crippen LogP contribution in [-0.2, 0) is 17.6 Å². The Labute approximate surface area is 191 Å². The molecule has 1 unspecified atom stereocenters. The van der Waals surface area contributed by atoms with Crippen LogP contribution < -0.4 is 0 Å². The van der Waals surface area contributed by atoms with Gasteiger partial charge in [0.25, 0.3) is 0 Å². The largest absolute Gasteiger partial charge is 0.294 e. The van der Waals surface area contributed by atoms with Gasteiger partial charge in [-0.1, -0.05) is 68.3 Å². The third-order valence-corrected chi connectivity index (χ3v) is 7.36. The van der Waals surface area contributed by atoms with Crippen molar-refractivity contribution in [2.75, 3.05) is 0 Å². The van der Waals surface area contributed by atoms with Gasteiger partial charge >= 0.3 is 0 Å². The van der Waals surface area contributed by atoms with Crippen molar-refractivity contribution < 1.29 is 4.79 Å². The predicted octanol–water partition coefficient (Wildman–Crippen LogP) is 6.89. The quantitative estimate of drug-likeness (QED) is 0.449. The molecule has 1 atom stereocenters. The smallest absolute Gasteiger partial charge is 0.163 e. The first-order chi connectivity index (χ1) is 15.7. The number of fused-ring (bicyclic) bond motifs is 1. The molecular weight excluding hydrogens is 390 g/mol. The summed E-state index contributed by atoms with van der Waals surface area (Å²) in [6, 6.07) is 19.9. The molecule has 0 N–H and O–H groups in total. The van der Waals surface area contributed by atoms with E-state index in [9.17, 15) is 4.79 Å². The Morgan fingerprint density at radius 3 is 2.28 bits per heavy atom. The van der Waals surface area contributed by atoms with Gasteiger partial charge in [-0.05, 0) is 89.1 Å². The minimum absolute atomic E-state index is 0.117. The maximum atomic E-state index is 12.7. The Balaban J connectivity index is 1.33. The third kappa shape index (κ3) is 4.60. The first-order valence-electron chi connectivity index (χ1n) is 12.0. The lowest BCUT2D eigenvalue weighted by molar-refractivity contribution is -0.116. The van der Waals surface area contributed by atoms with Crippen LogP contribution in [-0.4, -0.2) is 10.8 Å². The zero-order valence-corrected chi connectivity index (χ0v) is 18.8. The molecule has 1 aromatic heterocycles. The number of nitrogens with zero attached hydrogens (tertiary/aromatic N) is 1. The van der Waals surface area contributed by atoms with E-state index in [1.54, 1.807) is 18.5 Å². The van der Waals surface area contributed by atoms with Gasteiger partial charge < -0.3 is 0 Å². The van der Waals surface area contributed by atoms with E-state index in [4.69, 9.17) is 0 Å². The summed E-state index contributed by atoms with van der Waals surface area (Å²) in [5.74, 6) is 1.69. The second-order valence-corrected chi connectivity index (χ2v) is 9.69. The fourth-order valence-electron chi connectivity index (χ4n) is 5.33. The summed E-state index contributed by atoms with van der Waals surface area (Å²) >= 11 is 0. The monoisotopic (exact) mass is 421 g/mol. The number of hydrogen-bond donors (Lipinski definition) is 0. The van der Waals surface area contributed by atoms with Crippen LogP contribution >= 0.6 is 0 Å². The summed E-state index contributed by atoms with van der Waals surface area (Å²) in [4.78, 5) is 16.8. The highest BCUT2D eigenvalue weighted by Gasteiger charge is 2.25. The molecule has 2 aliphatic rings. The van der Waals surface area contributed by atoms with Crippen molar-refractivity contribution >= 4 is 11.9 Å². The molecule has 0 saturated heterocycles. The second kappa shape index (κ2) is 9.24. The number of benzene rings is 2. The Hall–Kier alpha value is -3.00. The van der Waals surface area contributed by atoms with Crippen molar-refractivity contribution in [3.8, 4) is 0 Å². The Bertz CT molecular complexity index is 1110. The summed E-state index contributed by atoms with van der Waals surface area (Å²) in [5.41, 5.74) is 7.57. The number of rotatable bonds is 5. The van der Waals surface area contributed by atoms with Gasteiger partial charge in [-0.3, -0.25) is 9.78 Å². The number of pyridine rings is 1. The molecule has 0 radical (unpaired) electrons. The average molecular weight is 422 g/mol. The molecule has 0 amide bonds. The fraction of sp³-hybridized carbons (Fsp3) is 0.333. The fourth-order valence-corrected chi connectivity index (χ4v) is 5.33. The van der Waals surface area contributed by atoms with Gasteiger partial charge in [-0.25, -0.2) is 0 Å². The van der Waals surface area contributed by atoms with Gasteiger partial charge in [0.2, 0.25) is 0 Å². The van der Waals surface area contributed by atoms with E-state index in [1.165, 1.54) is 42.4 Å². The van der Waals surface area contributed by atoms with E-state index in [-0.39, 0.29) is 11.7 Å². The highest BCUT2D eigenvalue weighted by atomic mass is 16.1. The topological polar surface area (TPSA) is 30.0 Å². The highest BCUT2D eigenvalue weighted by Crippen LogP contribution is 2.36. The molecule has 2 aliphatic carbocycles. The number of ketones is 1. The van der Waals surface area contributed by atoms with Gasteiger partial charge in [0.1, 0.15) is 0 Å². The zero-order valence-electron chi connectivity index (χ0n) is 18.8. The van der Waals surface area contributed by atoms with Crippen molar-refractivity contribution in [3.63, 3.8) is 0 Å². The molecule has 1 fully saturated rings. The van der Waals surface area contributed by atoms with Crippen LogP contribution in [0.5, 0.6) is 0 Å².